The van der Waals surface area contributed by atoms with E-state index in [1.165, 1.54) is 18.2 Å². The lowest BCUT2D eigenvalue weighted by molar-refractivity contribution is -0.377. The number of rotatable bonds is 5. The summed E-state index contributed by atoms with van der Waals surface area (Å²) in [7, 11) is -6.72. The number of hydrogen-bond donors (Lipinski definition) is 0. The molecule has 6 nitrogen and oxygen atoms in total. The average molecular weight is 439 g/mol. The second-order valence-electron chi connectivity index (χ2n) is 5.25. The molecule has 0 bridgehead atoms. The van der Waals surface area contributed by atoms with Crippen LogP contribution in [-0.4, -0.2) is 36.5 Å². The Morgan fingerprint density at radius 1 is 1.07 bits per heavy atom. The van der Waals surface area contributed by atoms with Gasteiger partial charge in [0, 0.05) is 12.1 Å². The molecular formula is C17H14F5NO5S. The number of aromatic amines is 1. The Balaban J connectivity index is 0.000000594. The third-order valence-corrected chi connectivity index (χ3v) is 4.03. The van der Waals surface area contributed by atoms with E-state index in [-0.39, 0.29) is 0 Å². The van der Waals surface area contributed by atoms with Crippen LogP contribution in [0.1, 0.15) is 15.9 Å². The van der Waals surface area contributed by atoms with Gasteiger partial charge < -0.3 is 9.29 Å². The number of carbonyl (C=O) groups excluding carboxylic acids is 1. The van der Waals surface area contributed by atoms with Crippen molar-refractivity contribution in [2.75, 3.05) is 0 Å². The highest BCUT2D eigenvalue weighted by atomic mass is 32.2. The number of hydrogen-bond acceptors (Lipinski definition) is 5. The van der Waals surface area contributed by atoms with Crippen LogP contribution in [0.2, 0.25) is 0 Å². The Bertz CT molecular complexity index is 889. The first-order valence-electron chi connectivity index (χ1n) is 7.55. The molecule has 158 valence electrons. The molecule has 2 aromatic rings. The number of nitrogens with one attached hydrogen (secondary N) is 1. The number of benzene rings is 1. The minimum Gasteiger partial charge on any atom is -0.743 e. The number of ether oxygens (including phenoxy) is 1. The molecule has 1 heterocycles. The fourth-order valence-corrected chi connectivity index (χ4v) is 2.17. The summed E-state index contributed by atoms with van der Waals surface area (Å²) in [6.07, 6.45) is -5.31. The number of halogens is 5. The lowest BCUT2D eigenvalue weighted by Crippen LogP contribution is -2.52. The lowest BCUT2D eigenvalue weighted by atomic mass is 10.1. The number of alkyl halides is 5. The minimum absolute atomic E-state index is 0.474. The molecule has 29 heavy (non-hydrogen) atoms. The molecule has 0 aliphatic carbocycles. The highest BCUT2D eigenvalue weighted by Gasteiger charge is 2.63. The predicted octanol–water partition coefficient (Wildman–Crippen LogP) is 3.06. The highest BCUT2D eigenvalue weighted by molar-refractivity contribution is 7.86. The van der Waals surface area contributed by atoms with Gasteiger partial charge in [-0.1, -0.05) is 30.9 Å². The lowest BCUT2D eigenvalue weighted by Gasteiger charge is -2.29. The smallest absolute Gasteiger partial charge is 0.432 e. The predicted molar refractivity (Wildman–Crippen MR) is 89.4 cm³/mol. The maximum absolute atomic E-state index is 13.2. The normalized spacial score (nSPS) is 12.9. The molecule has 2 rings (SSSR count). The first-order valence-corrected chi connectivity index (χ1v) is 8.96. The molecule has 0 spiro atoms. The summed E-state index contributed by atoms with van der Waals surface area (Å²) < 4.78 is 98.6. The van der Waals surface area contributed by atoms with Crippen LogP contribution in [0.5, 0.6) is 0 Å². The summed E-state index contributed by atoms with van der Waals surface area (Å²) in [4.78, 5) is 14.4. The quantitative estimate of drug-likeness (QED) is 0.405. The third kappa shape index (κ3) is 6.91. The van der Waals surface area contributed by atoms with Crippen molar-refractivity contribution in [2.24, 2.45) is 0 Å². The summed E-state index contributed by atoms with van der Waals surface area (Å²) in [5, 5.41) is -5.87. The Morgan fingerprint density at radius 3 is 1.90 bits per heavy atom. The SMILES string of the molecule is C=Cc1ccc(C(=O)OC(C(F)(F)F)C(F)(F)S(=O)(=O)[O-])cc1.c1cc[nH+]cc1. The van der Waals surface area contributed by atoms with Gasteiger partial charge in [-0.05, 0) is 17.7 Å². The summed E-state index contributed by atoms with van der Waals surface area (Å²) in [6.45, 7) is 3.38. The molecule has 0 aliphatic rings. The Morgan fingerprint density at radius 2 is 1.59 bits per heavy atom. The second-order valence-corrected chi connectivity index (χ2v) is 6.70. The van der Waals surface area contributed by atoms with Crippen molar-refractivity contribution in [1.29, 1.82) is 0 Å². The first kappa shape index (κ1) is 24.2. The van der Waals surface area contributed by atoms with Crippen molar-refractivity contribution >= 4 is 22.2 Å². The van der Waals surface area contributed by atoms with Crippen LogP contribution in [0.3, 0.4) is 0 Å². The third-order valence-electron chi connectivity index (χ3n) is 3.15. The van der Waals surface area contributed by atoms with E-state index in [1.807, 2.05) is 30.6 Å². The molecule has 0 saturated heterocycles. The van der Waals surface area contributed by atoms with Gasteiger partial charge in [-0.2, -0.15) is 22.0 Å². The maximum atomic E-state index is 13.2. The monoisotopic (exact) mass is 439 g/mol. The van der Waals surface area contributed by atoms with Crippen LogP contribution >= 0.6 is 0 Å². The van der Waals surface area contributed by atoms with Crippen molar-refractivity contribution in [1.82, 2.24) is 0 Å². The summed E-state index contributed by atoms with van der Waals surface area (Å²) in [6, 6.07) is 10.2. The number of carbonyl (C=O) groups is 1. The van der Waals surface area contributed by atoms with E-state index in [9.17, 15) is 39.7 Å². The highest BCUT2D eigenvalue weighted by Crippen LogP contribution is 2.38. The molecule has 1 aromatic carbocycles. The standard InChI is InChI=1S/C12H9F5O5S.C5H5N/c1-2-7-3-5-8(6-4-7)9(18)22-10(11(13,14)15)12(16,17)23(19,20)21;1-2-4-6-5-3-1/h2-6,10H,1H2,(H,19,20,21);1-5H. The van der Waals surface area contributed by atoms with Gasteiger partial charge in [0.15, 0.2) is 22.5 Å². The molecule has 1 atom stereocenters. The van der Waals surface area contributed by atoms with E-state index >= 15 is 0 Å². The van der Waals surface area contributed by atoms with Gasteiger partial charge in [-0.3, -0.25) is 0 Å². The average Bonchev–Trinajstić information content (AvgIpc) is 2.66. The summed E-state index contributed by atoms with van der Waals surface area (Å²) in [5.74, 6) is -1.87. The van der Waals surface area contributed by atoms with E-state index in [4.69, 9.17) is 0 Å². The molecule has 1 N–H and O–H groups in total. The van der Waals surface area contributed by atoms with Gasteiger partial charge in [-0.25, -0.2) is 18.2 Å². The molecule has 1 aromatic heterocycles. The molecule has 12 heteroatoms. The van der Waals surface area contributed by atoms with Crippen molar-refractivity contribution in [3.63, 3.8) is 0 Å². The van der Waals surface area contributed by atoms with Crippen molar-refractivity contribution < 1.29 is 49.4 Å². The van der Waals surface area contributed by atoms with Gasteiger partial charge in [0.1, 0.15) is 0 Å². The minimum atomic E-state index is -6.72. The van der Waals surface area contributed by atoms with Crippen molar-refractivity contribution in [3.05, 3.63) is 72.6 Å². The molecule has 0 radical (unpaired) electrons. The van der Waals surface area contributed by atoms with Gasteiger partial charge in [0.25, 0.3) is 6.10 Å². The van der Waals surface area contributed by atoms with Crippen LogP contribution in [0, 0.1) is 0 Å². The molecule has 1 unspecified atom stereocenters. The molecule has 0 aliphatic heterocycles. The zero-order valence-corrected chi connectivity index (χ0v) is 15.2. The van der Waals surface area contributed by atoms with E-state index in [0.29, 0.717) is 5.56 Å². The van der Waals surface area contributed by atoms with E-state index < -0.39 is 39.2 Å². The topological polar surface area (TPSA) is 97.6 Å². The Labute approximate surface area is 162 Å². The summed E-state index contributed by atoms with van der Waals surface area (Å²) >= 11 is 0. The largest absolute Gasteiger partial charge is 0.743 e. The number of H-pyrrole nitrogens is 1. The number of pyridine rings is 1. The zero-order valence-electron chi connectivity index (χ0n) is 14.4. The summed E-state index contributed by atoms with van der Waals surface area (Å²) in [5.41, 5.74) is -0.0784. The zero-order chi connectivity index (χ0) is 22.3. The van der Waals surface area contributed by atoms with E-state index in [2.05, 4.69) is 16.3 Å². The van der Waals surface area contributed by atoms with Crippen LogP contribution in [0.15, 0.2) is 61.4 Å². The van der Waals surface area contributed by atoms with Gasteiger partial charge >= 0.3 is 17.4 Å². The molecular weight excluding hydrogens is 425 g/mol. The van der Waals surface area contributed by atoms with Crippen molar-refractivity contribution in [3.8, 4) is 0 Å². The fraction of sp³-hybridized carbons (Fsp3) is 0.176. The van der Waals surface area contributed by atoms with Crippen LogP contribution in [0.4, 0.5) is 22.0 Å². The first-order chi connectivity index (χ1) is 13.3. The van der Waals surface area contributed by atoms with Crippen LogP contribution in [0.25, 0.3) is 6.08 Å². The molecule has 0 saturated carbocycles. The molecule has 0 fully saturated rings. The van der Waals surface area contributed by atoms with E-state index in [0.717, 1.165) is 12.1 Å². The second kappa shape index (κ2) is 9.56. The van der Waals surface area contributed by atoms with Crippen molar-refractivity contribution in [2.45, 2.75) is 17.5 Å². The maximum Gasteiger partial charge on any atom is 0.432 e. The van der Waals surface area contributed by atoms with Gasteiger partial charge in [0.2, 0.25) is 0 Å². The van der Waals surface area contributed by atoms with Gasteiger partial charge in [0.05, 0.1) is 5.56 Å². The number of esters is 1. The number of aromatic nitrogens is 1. The fourth-order valence-electron chi connectivity index (χ4n) is 1.73. The van der Waals surface area contributed by atoms with Crippen LogP contribution < -0.4 is 4.98 Å². The molecule has 0 amide bonds. The van der Waals surface area contributed by atoms with Crippen LogP contribution in [-0.2, 0) is 14.9 Å². The van der Waals surface area contributed by atoms with E-state index in [1.54, 1.807) is 0 Å². The Kier molecular flexibility index (Phi) is 7.97. The Hall–Kier alpha value is -2.86. The van der Waals surface area contributed by atoms with Gasteiger partial charge in [-0.15, -0.1) is 0 Å².